The van der Waals surface area contributed by atoms with Crippen LogP contribution in [0.15, 0.2) is 33.7 Å². The van der Waals surface area contributed by atoms with Crippen molar-refractivity contribution in [1.29, 1.82) is 0 Å². The van der Waals surface area contributed by atoms with Gasteiger partial charge in [0.05, 0.1) is 73.6 Å². The van der Waals surface area contributed by atoms with Crippen LogP contribution in [0, 0.1) is 0 Å². The van der Waals surface area contributed by atoms with Crippen LogP contribution in [0.4, 0.5) is 0 Å². The number of aliphatic imine (C=N–C) groups is 2. The molecule has 0 aliphatic carbocycles. The van der Waals surface area contributed by atoms with E-state index in [2.05, 4.69) is 23.3 Å². The molecule has 0 saturated carbocycles. The zero-order chi connectivity index (χ0) is 40.3. The van der Waals surface area contributed by atoms with Crippen molar-refractivity contribution < 1.29 is 68.2 Å². The molecule has 15 heteroatoms. The molecule has 0 spiro atoms. The van der Waals surface area contributed by atoms with Gasteiger partial charge in [-0.3, -0.25) is 9.98 Å². The molecule has 0 aliphatic rings. The van der Waals surface area contributed by atoms with E-state index in [1.165, 1.54) is 90.9 Å². The second-order valence-electron chi connectivity index (χ2n) is 13.4. The largest absolute Gasteiger partial charge is 0.873 e. The van der Waals surface area contributed by atoms with Gasteiger partial charge in [-0.05, 0) is 55.7 Å². The fourth-order valence-electron chi connectivity index (χ4n) is 4.12. The van der Waals surface area contributed by atoms with Gasteiger partial charge in [-0.2, -0.15) is 0 Å². The molecule has 0 aromatic carbocycles. The van der Waals surface area contributed by atoms with Gasteiger partial charge in [-0.1, -0.05) is 11.5 Å². The summed E-state index contributed by atoms with van der Waals surface area (Å²) in [5.74, 6) is -0.398. The third-order valence-corrected chi connectivity index (χ3v) is 12.8. The second-order valence-corrected chi connectivity index (χ2v) is 19.2. The smallest absolute Gasteiger partial charge is 0.0879 e. The van der Waals surface area contributed by atoms with Crippen LogP contribution in [0.3, 0.4) is 0 Å². The van der Waals surface area contributed by atoms with Gasteiger partial charge in [0.15, 0.2) is 0 Å². The topological polar surface area (TPSA) is 145 Å². The maximum Gasteiger partial charge on any atom is 0.0879 e. The van der Waals surface area contributed by atoms with E-state index in [9.17, 15) is 10.2 Å². The Kier molecular flexibility index (Phi) is 44.6. The van der Waals surface area contributed by atoms with E-state index in [4.69, 9.17) is 37.9 Å². The van der Waals surface area contributed by atoms with Gasteiger partial charge in [0.2, 0.25) is 0 Å². The third kappa shape index (κ3) is 37.0. The van der Waals surface area contributed by atoms with Gasteiger partial charge in [-0.25, -0.2) is 0 Å². The molecule has 0 unspecified atom stereocenters. The predicted octanol–water partition coefficient (Wildman–Crippen LogP) is 4.30. The number of hydrogen-bond acceptors (Lipinski definition) is 12. The Morgan fingerprint density at radius 1 is 0.509 bits per heavy atom. The monoisotopic (exact) mass is 883 g/mol. The standard InChI is InChI=1S/C20H36N2O6.2C9H21O2P.Tc/c1-19(2,27-7)17(23)11-15(13-25-5)21-9-10-22-16(14-26-6)12-18(24)20(3,4)28-8;2*1-10-6-4-8-12(3)9-5-7-11-2;/h11-12,23-24H,9-10,13-14H2,1-8H3;2*4-9H2,1-3H3;/b17-11-,18-12-,21-15?,22-16?;;;/i;;;1+1. The zero-order valence-electron chi connectivity index (χ0n) is 35.8. The Bertz CT molecular complexity index is 860. The van der Waals surface area contributed by atoms with Crippen LogP contribution in [0.5, 0.6) is 0 Å². The first-order chi connectivity index (χ1) is 24.6. The van der Waals surface area contributed by atoms with Crippen LogP contribution in [0.1, 0.15) is 53.4 Å². The van der Waals surface area contributed by atoms with E-state index < -0.39 is 11.2 Å². The molecule has 0 N–H and O–H groups in total. The molecule has 0 aromatic rings. The van der Waals surface area contributed by atoms with Gasteiger partial charge < -0.3 is 48.1 Å². The molecule has 317 valence electrons. The SMILES string of the molecule is COCC(/C=C(\[O-])C(C)(C)OC)=NCCN=C(/C=C(\[O-])C(C)(C)OC)COC.COCCC[PH+](C)CCCOC.COCCC[PH+](C)CCCOC.[99Tc]. The molecule has 0 bridgehead atoms. The Morgan fingerprint density at radius 2 is 0.774 bits per heavy atom. The minimum Gasteiger partial charge on any atom is -0.873 e. The first-order valence-electron chi connectivity index (χ1n) is 18.2. The third-order valence-electron chi connectivity index (χ3n) is 7.93. The Balaban J connectivity index is -0.000000396. The van der Waals surface area contributed by atoms with Crippen molar-refractivity contribution in [3.05, 3.63) is 23.7 Å². The quantitative estimate of drug-likeness (QED) is 0.0462. The first kappa shape index (κ1) is 59.3. The fourth-order valence-corrected chi connectivity index (χ4v) is 7.62. The number of ether oxygens (including phenoxy) is 8. The molecular weight excluding hydrogens is 805 g/mol. The van der Waals surface area contributed by atoms with Gasteiger partial charge in [-0.15, -0.1) is 0 Å². The van der Waals surface area contributed by atoms with Crippen molar-refractivity contribution in [1.82, 2.24) is 0 Å². The van der Waals surface area contributed by atoms with Crippen LogP contribution in [0.25, 0.3) is 0 Å². The van der Waals surface area contributed by atoms with Crippen molar-refractivity contribution in [3.63, 3.8) is 0 Å². The molecule has 0 aliphatic heterocycles. The van der Waals surface area contributed by atoms with Crippen molar-refractivity contribution in [2.45, 2.75) is 64.6 Å². The molecule has 0 heterocycles. The summed E-state index contributed by atoms with van der Waals surface area (Å²) in [6, 6.07) is 0. The minimum absolute atomic E-state index is 0. The Labute approximate surface area is 340 Å². The van der Waals surface area contributed by atoms with E-state index in [1.807, 2.05) is 0 Å². The van der Waals surface area contributed by atoms with Gasteiger partial charge in [0.25, 0.3) is 0 Å². The number of hydrogen-bond donors (Lipinski definition) is 0. The summed E-state index contributed by atoms with van der Waals surface area (Å²) < 4.78 is 40.6. The fraction of sp³-hybridized carbons (Fsp3) is 0.842. The molecule has 53 heavy (non-hydrogen) atoms. The van der Waals surface area contributed by atoms with Crippen LogP contribution < -0.4 is 10.2 Å². The summed E-state index contributed by atoms with van der Waals surface area (Å²) in [6.45, 7) is 16.3. The number of rotatable bonds is 29. The summed E-state index contributed by atoms with van der Waals surface area (Å²) in [4.78, 5) is 8.73. The Morgan fingerprint density at radius 3 is 0.981 bits per heavy atom. The second kappa shape index (κ2) is 39.8. The average molecular weight is 884 g/mol. The normalized spacial score (nSPS) is 13.1. The minimum atomic E-state index is -0.929. The molecular formula is C38H78N2O10P2Tc. The van der Waals surface area contributed by atoms with E-state index >= 15 is 0 Å². The number of nitrogens with zero attached hydrogens (tertiary/aromatic N) is 2. The van der Waals surface area contributed by atoms with Gasteiger partial charge in [0.1, 0.15) is 0 Å². The molecule has 0 atom stereocenters. The summed E-state index contributed by atoms with van der Waals surface area (Å²) in [5.41, 5.74) is -0.854. The van der Waals surface area contributed by atoms with Crippen molar-refractivity contribution in [3.8, 4) is 0 Å². The van der Waals surface area contributed by atoms with Crippen LogP contribution in [-0.4, -0.2) is 170 Å². The van der Waals surface area contributed by atoms with E-state index in [0.717, 1.165) is 26.4 Å². The van der Waals surface area contributed by atoms with Crippen molar-refractivity contribution in [2.75, 3.05) is 148 Å². The maximum atomic E-state index is 12.2. The van der Waals surface area contributed by atoms with E-state index in [0.29, 0.717) is 24.5 Å². The van der Waals surface area contributed by atoms with Crippen LogP contribution >= 0.6 is 15.8 Å². The Hall–Kier alpha value is -0.391. The first-order valence-corrected chi connectivity index (χ1v) is 23.0. The molecule has 0 aromatic heterocycles. The number of methoxy groups -OCH3 is 8. The maximum absolute atomic E-state index is 12.2. The summed E-state index contributed by atoms with van der Waals surface area (Å²) in [5, 5.41) is 24.5. The summed E-state index contributed by atoms with van der Waals surface area (Å²) >= 11 is 0. The zero-order valence-corrected chi connectivity index (χ0v) is 39.7. The van der Waals surface area contributed by atoms with Crippen LogP contribution in [-0.2, 0) is 58.0 Å². The molecule has 0 saturated heterocycles. The van der Waals surface area contributed by atoms with Crippen molar-refractivity contribution in [2.24, 2.45) is 9.98 Å². The van der Waals surface area contributed by atoms with Crippen molar-refractivity contribution >= 4 is 27.3 Å². The molecule has 0 fully saturated rings. The van der Waals surface area contributed by atoms with E-state index in [-0.39, 0.29) is 60.7 Å². The molecule has 0 amide bonds. The van der Waals surface area contributed by atoms with Gasteiger partial charge in [0, 0.05) is 142 Å². The molecule has 12 nitrogen and oxygen atoms in total. The van der Waals surface area contributed by atoms with Crippen LogP contribution in [0.2, 0.25) is 0 Å². The predicted molar refractivity (Wildman–Crippen MR) is 221 cm³/mol. The molecule has 1 radical (unpaired) electrons. The van der Waals surface area contributed by atoms with Gasteiger partial charge >= 0.3 is 0 Å². The summed E-state index contributed by atoms with van der Waals surface area (Å²) in [7, 11) is 12.9. The average Bonchev–Trinajstić information content (AvgIpc) is 3.11. The summed E-state index contributed by atoms with van der Waals surface area (Å²) in [6.07, 6.45) is 13.3. The van der Waals surface area contributed by atoms with E-state index in [1.54, 1.807) is 56.1 Å². The molecule has 0 rings (SSSR count).